The molecule has 3 N–H and O–H groups in total. The molecule has 1 saturated carbocycles. The van der Waals surface area contributed by atoms with Gasteiger partial charge in [-0.1, -0.05) is 23.2 Å². The van der Waals surface area contributed by atoms with Crippen molar-refractivity contribution in [2.24, 2.45) is 5.92 Å². The second kappa shape index (κ2) is 9.51. The van der Waals surface area contributed by atoms with Crippen LogP contribution in [0.4, 0.5) is 5.82 Å². The molecule has 0 bridgehead atoms. The summed E-state index contributed by atoms with van der Waals surface area (Å²) in [5, 5.41) is 6.34. The lowest BCUT2D eigenvalue weighted by Gasteiger charge is -2.12. The number of halogens is 2. The number of rotatable bonds is 8. The molecule has 2 aromatic heterocycles. The topological polar surface area (TPSA) is 107 Å². The number of anilines is 1. The molecule has 0 spiro atoms. The summed E-state index contributed by atoms with van der Waals surface area (Å²) >= 11 is 12.8. The minimum Gasteiger partial charge on any atom is -0.357 e. The normalized spacial score (nSPS) is 13.4. The van der Waals surface area contributed by atoms with Crippen molar-refractivity contribution in [3.8, 4) is 0 Å². The van der Waals surface area contributed by atoms with Crippen LogP contribution in [0.2, 0.25) is 10.0 Å². The summed E-state index contributed by atoms with van der Waals surface area (Å²) in [4.78, 5) is 47.1. The van der Waals surface area contributed by atoms with Gasteiger partial charge in [-0.25, -0.2) is 4.98 Å². The Hall–Kier alpha value is -2.94. The SMILES string of the molecule is CN(C)CCNC(=O)c1cc(Cl)c(C(=O)c2c[nH]c3c(NC(=O)C4CC4)nccc23)c(Cl)c1. The Morgan fingerprint density at radius 1 is 1.18 bits per heavy atom. The summed E-state index contributed by atoms with van der Waals surface area (Å²) in [5.41, 5.74) is 1.25. The smallest absolute Gasteiger partial charge is 0.251 e. The van der Waals surface area contributed by atoms with Gasteiger partial charge in [-0.05, 0) is 45.1 Å². The molecule has 2 amide bonds. The van der Waals surface area contributed by atoms with Gasteiger partial charge in [0.2, 0.25) is 5.91 Å². The number of hydrogen-bond acceptors (Lipinski definition) is 5. The van der Waals surface area contributed by atoms with Crippen molar-refractivity contribution in [1.82, 2.24) is 20.2 Å². The highest BCUT2D eigenvalue weighted by Gasteiger charge is 2.30. The zero-order valence-corrected chi connectivity index (χ0v) is 19.7. The molecule has 0 aliphatic heterocycles. The maximum Gasteiger partial charge on any atom is 0.251 e. The molecule has 0 atom stereocenters. The highest BCUT2D eigenvalue weighted by molar-refractivity contribution is 6.42. The molecule has 3 aromatic rings. The molecule has 172 valence electrons. The van der Waals surface area contributed by atoms with E-state index in [1.807, 2.05) is 19.0 Å². The number of likely N-dealkylation sites (N-methyl/N-ethyl adjacent to an activating group) is 1. The average Bonchev–Trinajstić information content (AvgIpc) is 3.52. The maximum absolute atomic E-state index is 13.3. The molecule has 1 aliphatic rings. The third kappa shape index (κ3) is 5.03. The second-order valence-corrected chi connectivity index (χ2v) is 9.07. The Morgan fingerprint density at radius 3 is 2.52 bits per heavy atom. The number of carbonyl (C=O) groups excluding carboxylic acids is 3. The van der Waals surface area contributed by atoms with Crippen LogP contribution in [0, 0.1) is 5.92 Å². The van der Waals surface area contributed by atoms with E-state index in [1.54, 1.807) is 6.07 Å². The molecular formula is C23H23Cl2N5O3. The minimum atomic E-state index is -0.401. The summed E-state index contributed by atoms with van der Waals surface area (Å²) < 4.78 is 0. The summed E-state index contributed by atoms with van der Waals surface area (Å²) in [6.45, 7) is 1.15. The molecule has 33 heavy (non-hydrogen) atoms. The largest absolute Gasteiger partial charge is 0.357 e. The van der Waals surface area contributed by atoms with Crippen LogP contribution in [0.1, 0.15) is 39.1 Å². The van der Waals surface area contributed by atoms with Crippen LogP contribution in [-0.4, -0.2) is 59.7 Å². The van der Waals surface area contributed by atoms with Crippen LogP contribution in [-0.2, 0) is 4.79 Å². The second-order valence-electron chi connectivity index (χ2n) is 8.25. The Balaban J connectivity index is 1.60. The Bertz CT molecular complexity index is 1230. The van der Waals surface area contributed by atoms with Crippen LogP contribution in [0.15, 0.2) is 30.6 Å². The Morgan fingerprint density at radius 2 is 1.88 bits per heavy atom. The van der Waals surface area contributed by atoms with E-state index in [1.165, 1.54) is 24.5 Å². The third-order valence-electron chi connectivity index (χ3n) is 5.41. The highest BCUT2D eigenvalue weighted by Crippen LogP contribution is 2.34. The molecule has 0 saturated heterocycles. The number of benzene rings is 1. The van der Waals surface area contributed by atoms with Gasteiger partial charge < -0.3 is 20.5 Å². The lowest BCUT2D eigenvalue weighted by Crippen LogP contribution is -2.31. The van der Waals surface area contributed by atoms with Gasteiger partial charge >= 0.3 is 0 Å². The first-order chi connectivity index (χ1) is 15.8. The van der Waals surface area contributed by atoms with Gasteiger partial charge in [0.1, 0.15) is 0 Å². The minimum absolute atomic E-state index is 0.0225. The van der Waals surface area contributed by atoms with E-state index >= 15 is 0 Å². The van der Waals surface area contributed by atoms with E-state index in [4.69, 9.17) is 23.2 Å². The van der Waals surface area contributed by atoms with Crippen molar-refractivity contribution in [3.63, 3.8) is 0 Å². The Labute approximate surface area is 200 Å². The van der Waals surface area contributed by atoms with Gasteiger partial charge in [-0.2, -0.15) is 0 Å². The van der Waals surface area contributed by atoms with Crippen LogP contribution >= 0.6 is 23.2 Å². The number of nitrogens with zero attached hydrogens (tertiary/aromatic N) is 2. The Kier molecular flexibility index (Phi) is 6.69. The molecule has 4 rings (SSSR count). The fraction of sp³-hybridized carbons (Fsp3) is 0.304. The van der Waals surface area contributed by atoms with Gasteiger partial charge in [0.15, 0.2) is 11.6 Å². The average molecular weight is 488 g/mol. The van der Waals surface area contributed by atoms with Crippen molar-refractivity contribution in [1.29, 1.82) is 0 Å². The third-order valence-corrected chi connectivity index (χ3v) is 6.01. The standard InChI is InChI=1S/C23H23Cl2N5O3/c1-30(2)8-7-27-22(32)13-9-16(24)18(17(25)10-13)20(31)15-11-28-19-14(15)5-6-26-21(19)29-23(33)12-3-4-12/h5-6,9-12,28H,3-4,7-8H2,1-2H3,(H,27,32)(H,26,29,33). The quantitative estimate of drug-likeness (QED) is 0.419. The summed E-state index contributed by atoms with van der Waals surface area (Å²) in [6, 6.07) is 4.55. The molecule has 8 nitrogen and oxygen atoms in total. The number of aromatic amines is 1. The first kappa shape index (κ1) is 23.2. The van der Waals surface area contributed by atoms with Gasteiger partial charge in [0.05, 0.1) is 21.1 Å². The zero-order chi connectivity index (χ0) is 23.7. The lowest BCUT2D eigenvalue weighted by molar-refractivity contribution is -0.117. The summed E-state index contributed by atoms with van der Waals surface area (Å²) in [5.74, 6) is -0.418. The van der Waals surface area contributed by atoms with E-state index in [0.717, 1.165) is 12.8 Å². The molecule has 1 aliphatic carbocycles. The molecular weight excluding hydrogens is 465 g/mol. The number of H-pyrrole nitrogens is 1. The van der Waals surface area contributed by atoms with Crippen LogP contribution in [0.25, 0.3) is 10.9 Å². The van der Waals surface area contributed by atoms with Gasteiger partial charge in [0, 0.05) is 47.9 Å². The van der Waals surface area contributed by atoms with E-state index < -0.39 is 5.78 Å². The predicted octanol–water partition coefficient (Wildman–Crippen LogP) is 3.74. The van der Waals surface area contributed by atoms with Crippen molar-refractivity contribution < 1.29 is 14.4 Å². The zero-order valence-electron chi connectivity index (χ0n) is 18.2. The van der Waals surface area contributed by atoms with Crippen molar-refractivity contribution in [2.45, 2.75) is 12.8 Å². The maximum atomic E-state index is 13.3. The number of amides is 2. The molecule has 10 heteroatoms. The first-order valence-electron chi connectivity index (χ1n) is 10.5. The fourth-order valence-electron chi connectivity index (χ4n) is 3.45. The van der Waals surface area contributed by atoms with E-state index in [0.29, 0.717) is 35.4 Å². The van der Waals surface area contributed by atoms with Gasteiger partial charge in [0.25, 0.3) is 5.91 Å². The molecule has 2 heterocycles. The monoisotopic (exact) mass is 487 g/mol. The van der Waals surface area contributed by atoms with Crippen molar-refractivity contribution in [2.75, 3.05) is 32.5 Å². The van der Waals surface area contributed by atoms with Crippen LogP contribution in [0.3, 0.4) is 0 Å². The number of aromatic nitrogens is 2. The number of hydrogen-bond donors (Lipinski definition) is 3. The van der Waals surface area contributed by atoms with Crippen LogP contribution in [0.5, 0.6) is 0 Å². The van der Waals surface area contributed by atoms with Gasteiger partial charge in [-0.3, -0.25) is 14.4 Å². The van der Waals surface area contributed by atoms with Crippen LogP contribution < -0.4 is 10.6 Å². The van der Waals surface area contributed by atoms with Crippen molar-refractivity contribution in [3.05, 3.63) is 57.3 Å². The molecule has 0 unspecified atom stereocenters. The number of nitrogens with one attached hydrogen (secondary N) is 3. The highest BCUT2D eigenvalue weighted by atomic mass is 35.5. The van der Waals surface area contributed by atoms with E-state index in [-0.39, 0.29) is 38.9 Å². The van der Waals surface area contributed by atoms with Gasteiger partial charge in [-0.15, -0.1) is 0 Å². The molecule has 0 radical (unpaired) electrons. The van der Waals surface area contributed by atoms with E-state index in [9.17, 15) is 14.4 Å². The van der Waals surface area contributed by atoms with Crippen molar-refractivity contribution >= 4 is 57.5 Å². The molecule has 1 fully saturated rings. The predicted molar refractivity (Wildman–Crippen MR) is 128 cm³/mol. The first-order valence-corrected chi connectivity index (χ1v) is 11.3. The number of carbonyl (C=O) groups is 3. The molecule has 1 aromatic carbocycles. The summed E-state index contributed by atoms with van der Waals surface area (Å²) in [6.07, 6.45) is 4.81. The number of ketones is 1. The fourth-order valence-corrected chi connectivity index (χ4v) is 4.11. The summed E-state index contributed by atoms with van der Waals surface area (Å²) in [7, 11) is 3.82. The van der Waals surface area contributed by atoms with E-state index in [2.05, 4.69) is 20.6 Å². The number of pyridine rings is 1. The lowest BCUT2D eigenvalue weighted by atomic mass is 10.0. The number of fused-ring (bicyclic) bond motifs is 1.